The molecule has 0 saturated carbocycles. The van der Waals surface area contributed by atoms with E-state index in [1.165, 1.54) is 23.1 Å². The Bertz CT molecular complexity index is 839. The van der Waals surface area contributed by atoms with Crippen LogP contribution in [0.5, 0.6) is 0 Å². The van der Waals surface area contributed by atoms with Gasteiger partial charge in [-0.2, -0.15) is 0 Å². The molecule has 0 spiro atoms. The van der Waals surface area contributed by atoms with Crippen molar-refractivity contribution >= 4 is 34.0 Å². The predicted molar refractivity (Wildman–Crippen MR) is 94.6 cm³/mol. The first-order chi connectivity index (χ1) is 11.1. The number of para-hydroxylation sites is 1. The second kappa shape index (κ2) is 6.55. The van der Waals surface area contributed by atoms with Crippen molar-refractivity contribution in [1.82, 2.24) is 14.8 Å². The van der Waals surface area contributed by atoms with Gasteiger partial charge in [-0.15, -0.1) is 10.2 Å². The molecule has 0 bridgehead atoms. The molecule has 23 heavy (non-hydrogen) atoms. The van der Waals surface area contributed by atoms with Crippen molar-refractivity contribution in [3.05, 3.63) is 53.3 Å². The van der Waals surface area contributed by atoms with E-state index in [4.69, 9.17) is 5.73 Å². The Balaban J connectivity index is 1.82. The number of carbonyl (C=O) groups is 1. The third kappa shape index (κ3) is 3.30. The third-order valence-corrected chi connectivity index (χ3v) is 5.38. The van der Waals surface area contributed by atoms with Gasteiger partial charge >= 0.3 is 0 Å². The Hall–Kier alpha value is -2.12. The summed E-state index contributed by atoms with van der Waals surface area (Å²) in [6.07, 6.45) is 0. The van der Waals surface area contributed by atoms with E-state index in [1.807, 2.05) is 50.2 Å². The first-order valence-corrected chi connectivity index (χ1v) is 8.86. The van der Waals surface area contributed by atoms with Gasteiger partial charge in [-0.25, -0.2) is 0 Å². The zero-order valence-corrected chi connectivity index (χ0v) is 14.4. The number of nitrogen functional groups attached to an aromatic ring is 1. The van der Waals surface area contributed by atoms with Crippen LogP contribution in [0.15, 0.2) is 40.7 Å². The Morgan fingerprint density at radius 2 is 2.00 bits per heavy atom. The number of rotatable bonds is 5. The van der Waals surface area contributed by atoms with E-state index in [0.717, 1.165) is 22.6 Å². The maximum atomic E-state index is 12.5. The van der Waals surface area contributed by atoms with E-state index >= 15 is 0 Å². The number of aryl methyl sites for hydroxylation is 1. The van der Waals surface area contributed by atoms with E-state index in [1.54, 1.807) is 0 Å². The van der Waals surface area contributed by atoms with Crippen LogP contribution in [-0.4, -0.2) is 26.3 Å². The molecule has 0 fully saturated rings. The van der Waals surface area contributed by atoms with Gasteiger partial charge < -0.3 is 10.3 Å². The number of benzene rings is 1. The second-order valence-electron chi connectivity index (χ2n) is 5.07. The number of hydrogen-bond donors (Lipinski definition) is 1. The molecule has 0 aliphatic heterocycles. The van der Waals surface area contributed by atoms with E-state index < -0.39 is 0 Å². The number of nitrogens with two attached hydrogens (primary N) is 1. The summed E-state index contributed by atoms with van der Waals surface area (Å²) in [6, 6.07) is 12.0. The normalized spacial score (nSPS) is 10.9. The Kier molecular flexibility index (Phi) is 4.49. The maximum Gasteiger partial charge on any atom is 0.203 e. The molecule has 5 nitrogen and oxygen atoms in total. The molecular formula is C16H16N4OS2. The molecule has 3 rings (SSSR count). The standard InChI is InChI=1S/C16H16N4OS2/c1-10-8-13(11(2)20(10)12-6-4-3-5-7-12)14(21)9-22-16-19-18-15(17)23-16/h3-8H,9H2,1-2H3,(H2,17,18). The van der Waals surface area contributed by atoms with Gasteiger partial charge in [0, 0.05) is 22.6 Å². The molecule has 0 unspecified atom stereocenters. The molecule has 2 heterocycles. The zero-order chi connectivity index (χ0) is 16.4. The van der Waals surface area contributed by atoms with Crippen molar-refractivity contribution in [3.63, 3.8) is 0 Å². The van der Waals surface area contributed by atoms with Gasteiger partial charge in [0.25, 0.3) is 0 Å². The molecule has 0 radical (unpaired) electrons. The number of ketones is 1. The number of hydrogen-bond acceptors (Lipinski definition) is 6. The smallest absolute Gasteiger partial charge is 0.203 e. The summed E-state index contributed by atoms with van der Waals surface area (Å²) >= 11 is 2.67. The van der Waals surface area contributed by atoms with E-state index in [0.29, 0.717) is 15.2 Å². The highest BCUT2D eigenvalue weighted by molar-refractivity contribution is 8.01. The number of thioether (sulfide) groups is 1. The van der Waals surface area contributed by atoms with Crippen molar-refractivity contribution in [2.45, 2.75) is 18.2 Å². The van der Waals surface area contributed by atoms with Crippen LogP contribution in [0.2, 0.25) is 0 Å². The van der Waals surface area contributed by atoms with Crippen LogP contribution in [0.4, 0.5) is 5.13 Å². The highest BCUT2D eigenvalue weighted by Crippen LogP contribution is 2.26. The van der Waals surface area contributed by atoms with Crippen LogP contribution in [0.1, 0.15) is 21.7 Å². The van der Waals surface area contributed by atoms with Gasteiger partial charge in [-0.1, -0.05) is 41.3 Å². The SMILES string of the molecule is Cc1cc(C(=O)CSc2nnc(N)s2)c(C)n1-c1ccccc1. The average molecular weight is 344 g/mol. The molecule has 3 aromatic rings. The minimum atomic E-state index is 0.0825. The van der Waals surface area contributed by atoms with Gasteiger partial charge in [0.05, 0.1) is 5.75 Å². The van der Waals surface area contributed by atoms with Crippen LogP contribution in [-0.2, 0) is 0 Å². The van der Waals surface area contributed by atoms with Crippen LogP contribution in [0.3, 0.4) is 0 Å². The van der Waals surface area contributed by atoms with Crippen LogP contribution in [0, 0.1) is 13.8 Å². The first-order valence-electron chi connectivity index (χ1n) is 7.05. The molecule has 0 aliphatic rings. The van der Waals surface area contributed by atoms with Crippen molar-refractivity contribution in [2.75, 3.05) is 11.5 Å². The highest BCUT2D eigenvalue weighted by atomic mass is 32.2. The number of aromatic nitrogens is 3. The van der Waals surface area contributed by atoms with E-state index in [-0.39, 0.29) is 5.78 Å². The Morgan fingerprint density at radius 1 is 1.26 bits per heavy atom. The summed E-state index contributed by atoms with van der Waals surface area (Å²) in [5, 5.41) is 8.09. The molecule has 2 N–H and O–H groups in total. The maximum absolute atomic E-state index is 12.5. The van der Waals surface area contributed by atoms with Crippen LogP contribution < -0.4 is 5.73 Å². The summed E-state index contributed by atoms with van der Waals surface area (Å²) in [5.41, 5.74) is 9.36. The summed E-state index contributed by atoms with van der Waals surface area (Å²) in [4.78, 5) is 12.5. The lowest BCUT2D eigenvalue weighted by molar-refractivity contribution is 0.102. The topological polar surface area (TPSA) is 73.8 Å². The van der Waals surface area contributed by atoms with Gasteiger partial charge in [0.15, 0.2) is 10.1 Å². The highest BCUT2D eigenvalue weighted by Gasteiger charge is 2.17. The van der Waals surface area contributed by atoms with Crippen LogP contribution in [0.25, 0.3) is 5.69 Å². The van der Waals surface area contributed by atoms with Crippen LogP contribution >= 0.6 is 23.1 Å². The lowest BCUT2D eigenvalue weighted by atomic mass is 10.2. The fourth-order valence-electron chi connectivity index (χ4n) is 2.50. The second-order valence-corrected chi connectivity index (χ2v) is 7.31. The fourth-order valence-corrected chi connectivity index (χ4v) is 4.02. The molecule has 0 saturated heterocycles. The third-order valence-electron chi connectivity index (χ3n) is 3.49. The van der Waals surface area contributed by atoms with Crippen molar-refractivity contribution in [3.8, 4) is 5.69 Å². The van der Waals surface area contributed by atoms with Crippen molar-refractivity contribution < 1.29 is 4.79 Å². The summed E-state index contributed by atoms with van der Waals surface area (Å²) < 4.78 is 2.81. The minimum Gasteiger partial charge on any atom is -0.374 e. The molecule has 2 aromatic heterocycles. The van der Waals surface area contributed by atoms with Gasteiger partial charge in [-0.05, 0) is 32.0 Å². The summed E-state index contributed by atoms with van der Waals surface area (Å²) in [6.45, 7) is 3.98. The van der Waals surface area contributed by atoms with Gasteiger partial charge in [-0.3, -0.25) is 4.79 Å². The molecule has 0 atom stereocenters. The molecule has 7 heteroatoms. The minimum absolute atomic E-state index is 0.0825. The Labute approximate surface area is 142 Å². The average Bonchev–Trinajstić information content (AvgIpc) is 3.09. The van der Waals surface area contributed by atoms with Gasteiger partial charge in [0.1, 0.15) is 0 Å². The number of anilines is 1. The van der Waals surface area contributed by atoms with Crippen molar-refractivity contribution in [2.24, 2.45) is 0 Å². The lowest BCUT2D eigenvalue weighted by Crippen LogP contribution is -2.05. The Morgan fingerprint density at radius 3 is 2.65 bits per heavy atom. The quantitative estimate of drug-likeness (QED) is 0.566. The zero-order valence-electron chi connectivity index (χ0n) is 12.8. The molecule has 1 aromatic carbocycles. The predicted octanol–water partition coefficient (Wildman–Crippen LogP) is 3.50. The molecular weight excluding hydrogens is 328 g/mol. The number of Topliss-reactive ketones (excluding diaryl/α,β-unsaturated/α-hetero) is 1. The number of nitrogens with zero attached hydrogens (tertiary/aromatic N) is 3. The largest absolute Gasteiger partial charge is 0.374 e. The van der Waals surface area contributed by atoms with Gasteiger partial charge in [0.2, 0.25) is 5.13 Å². The van der Waals surface area contributed by atoms with Crippen molar-refractivity contribution in [1.29, 1.82) is 0 Å². The monoisotopic (exact) mass is 344 g/mol. The fraction of sp³-hybridized carbons (Fsp3) is 0.188. The summed E-state index contributed by atoms with van der Waals surface area (Å²) in [5.74, 6) is 0.410. The first kappa shape index (κ1) is 15.8. The molecule has 0 amide bonds. The molecule has 0 aliphatic carbocycles. The van der Waals surface area contributed by atoms with E-state index in [2.05, 4.69) is 14.8 Å². The molecule has 118 valence electrons. The summed E-state index contributed by atoms with van der Waals surface area (Å²) in [7, 11) is 0. The van der Waals surface area contributed by atoms with E-state index in [9.17, 15) is 4.79 Å². The lowest BCUT2D eigenvalue weighted by Gasteiger charge is -2.09. The number of carbonyl (C=O) groups excluding carboxylic acids is 1.